The van der Waals surface area contributed by atoms with E-state index in [-0.39, 0.29) is 16.6 Å². The predicted molar refractivity (Wildman–Crippen MR) is 83.8 cm³/mol. The molecule has 0 amide bonds. The maximum absolute atomic E-state index is 12.8. The molecule has 0 saturated heterocycles. The summed E-state index contributed by atoms with van der Waals surface area (Å²) in [4.78, 5) is 0.143. The van der Waals surface area contributed by atoms with Crippen molar-refractivity contribution in [2.75, 3.05) is 12.8 Å². The number of nitrogen functional groups attached to an aromatic ring is 1. The number of benzene rings is 1. The van der Waals surface area contributed by atoms with Gasteiger partial charge in [-0.2, -0.15) is 4.31 Å². The van der Waals surface area contributed by atoms with Crippen LogP contribution in [0.25, 0.3) is 0 Å². The summed E-state index contributed by atoms with van der Waals surface area (Å²) in [6.07, 6.45) is 2.52. The SMILES string of the molecule is Cc1cc(Cl)c(N)cc1S(=O)(=O)N(C)C1CCCCC1O. The first-order valence-corrected chi connectivity index (χ1v) is 8.78. The third-order valence-electron chi connectivity index (χ3n) is 4.11. The van der Waals surface area contributed by atoms with Crippen molar-refractivity contribution < 1.29 is 13.5 Å². The normalized spacial score (nSPS) is 23.5. The maximum atomic E-state index is 12.8. The van der Waals surface area contributed by atoms with E-state index in [2.05, 4.69) is 0 Å². The van der Waals surface area contributed by atoms with E-state index in [9.17, 15) is 13.5 Å². The summed E-state index contributed by atoms with van der Waals surface area (Å²) in [5.74, 6) is 0. The standard InChI is InChI=1S/C14H21ClN2O3S/c1-9-7-10(15)11(16)8-14(9)21(19,20)17(2)12-5-3-4-6-13(12)18/h7-8,12-13,18H,3-6,16H2,1-2H3. The van der Waals surface area contributed by atoms with E-state index < -0.39 is 16.1 Å². The highest BCUT2D eigenvalue weighted by Crippen LogP contribution is 2.31. The van der Waals surface area contributed by atoms with Crippen molar-refractivity contribution >= 4 is 27.3 Å². The summed E-state index contributed by atoms with van der Waals surface area (Å²) in [6, 6.07) is 2.55. The summed E-state index contributed by atoms with van der Waals surface area (Å²) >= 11 is 5.91. The third-order valence-corrected chi connectivity index (χ3v) is 6.46. The van der Waals surface area contributed by atoms with E-state index in [1.54, 1.807) is 13.0 Å². The van der Waals surface area contributed by atoms with Crippen LogP contribution in [0.3, 0.4) is 0 Å². The van der Waals surface area contributed by atoms with Gasteiger partial charge in [0, 0.05) is 7.05 Å². The van der Waals surface area contributed by atoms with Gasteiger partial charge in [-0.15, -0.1) is 0 Å². The summed E-state index contributed by atoms with van der Waals surface area (Å²) in [7, 11) is -2.19. The predicted octanol–water partition coefficient (Wildman–Crippen LogP) is 2.15. The first-order valence-electron chi connectivity index (χ1n) is 6.97. The van der Waals surface area contributed by atoms with Crippen LogP contribution in [0.15, 0.2) is 17.0 Å². The van der Waals surface area contributed by atoms with Crippen LogP contribution in [0, 0.1) is 6.92 Å². The molecule has 5 nitrogen and oxygen atoms in total. The number of sulfonamides is 1. The lowest BCUT2D eigenvalue weighted by Gasteiger charge is -2.34. The van der Waals surface area contributed by atoms with Crippen molar-refractivity contribution in [3.8, 4) is 0 Å². The second-order valence-corrected chi connectivity index (χ2v) is 7.95. The zero-order valence-corrected chi connectivity index (χ0v) is 13.8. The Balaban J connectivity index is 2.39. The van der Waals surface area contributed by atoms with Gasteiger partial charge in [0.2, 0.25) is 10.0 Å². The minimum Gasteiger partial charge on any atom is -0.397 e. The van der Waals surface area contributed by atoms with Crippen molar-refractivity contribution in [2.45, 2.75) is 49.6 Å². The van der Waals surface area contributed by atoms with Crippen LogP contribution in [-0.2, 0) is 10.0 Å². The van der Waals surface area contributed by atoms with Crippen LogP contribution >= 0.6 is 11.6 Å². The minimum atomic E-state index is -3.71. The lowest BCUT2D eigenvalue weighted by molar-refractivity contribution is 0.0638. The number of aliphatic hydroxyl groups excluding tert-OH is 1. The van der Waals surface area contributed by atoms with E-state index in [0.29, 0.717) is 23.4 Å². The molecule has 1 fully saturated rings. The molecule has 1 aliphatic rings. The molecular weight excluding hydrogens is 312 g/mol. The number of nitrogens with two attached hydrogens (primary N) is 1. The zero-order chi connectivity index (χ0) is 15.8. The molecular formula is C14H21ClN2O3S. The second kappa shape index (κ2) is 6.12. The number of hydrogen-bond acceptors (Lipinski definition) is 4. The highest BCUT2D eigenvalue weighted by Gasteiger charge is 2.35. The number of aliphatic hydroxyl groups is 1. The number of aryl methyl sites for hydroxylation is 1. The summed E-state index contributed by atoms with van der Waals surface area (Å²) < 4.78 is 26.8. The Morgan fingerprint density at radius 3 is 2.57 bits per heavy atom. The second-order valence-electron chi connectivity index (χ2n) is 5.58. The van der Waals surface area contributed by atoms with Crippen LogP contribution in [0.1, 0.15) is 31.2 Å². The Bertz CT molecular complexity index is 633. The summed E-state index contributed by atoms with van der Waals surface area (Å²) in [5.41, 5.74) is 6.51. The lowest BCUT2D eigenvalue weighted by atomic mass is 9.93. The Labute approximate surface area is 130 Å². The molecule has 118 valence electrons. The van der Waals surface area contributed by atoms with Crippen molar-refractivity contribution in [1.29, 1.82) is 0 Å². The van der Waals surface area contributed by atoms with Crippen molar-refractivity contribution in [3.63, 3.8) is 0 Å². The van der Waals surface area contributed by atoms with Crippen molar-refractivity contribution in [1.82, 2.24) is 4.31 Å². The van der Waals surface area contributed by atoms with Gasteiger partial charge in [-0.1, -0.05) is 24.4 Å². The number of nitrogens with zero attached hydrogens (tertiary/aromatic N) is 1. The Morgan fingerprint density at radius 2 is 1.95 bits per heavy atom. The topological polar surface area (TPSA) is 83.6 Å². The lowest BCUT2D eigenvalue weighted by Crippen LogP contribution is -2.46. The fourth-order valence-electron chi connectivity index (χ4n) is 2.80. The highest BCUT2D eigenvalue weighted by molar-refractivity contribution is 7.89. The van der Waals surface area contributed by atoms with E-state index >= 15 is 0 Å². The van der Waals surface area contributed by atoms with Crippen LogP contribution in [0.5, 0.6) is 0 Å². The van der Waals surface area contributed by atoms with Gasteiger partial charge in [0.1, 0.15) is 0 Å². The molecule has 3 N–H and O–H groups in total. The molecule has 0 spiro atoms. The average Bonchev–Trinajstić information content (AvgIpc) is 2.42. The van der Waals surface area contributed by atoms with Gasteiger partial charge in [-0.05, 0) is 37.5 Å². The Morgan fingerprint density at radius 1 is 1.33 bits per heavy atom. The monoisotopic (exact) mass is 332 g/mol. The summed E-state index contributed by atoms with van der Waals surface area (Å²) in [5, 5.41) is 10.4. The van der Waals surface area contributed by atoms with Gasteiger partial charge in [0.15, 0.2) is 0 Å². The first kappa shape index (κ1) is 16.5. The van der Waals surface area contributed by atoms with Crippen LogP contribution in [0.4, 0.5) is 5.69 Å². The Kier molecular flexibility index (Phi) is 4.82. The zero-order valence-electron chi connectivity index (χ0n) is 12.2. The molecule has 1 saturated carbocycles. The molecule has 0 bridgehead atoms. The summed E-state index contributed by atoms with van der Waals surface area (Å²) in [6.45, 7) is 1.68. The highest BCUT2D eigenvalue weighted by atomic mass is 35.5. The fourth-order valence-corrected chi connectivity index (χ4v) is 4.67. The van der Waals surface area contributed by atoms with Gasteiger partial charge in [0.25, 0.3) is 0 Å². The van der Waals surface area contributed by atoms with Gasteiger partial charge in [-0.25, -0.2) is 8.42 Å². The van der Waals surface area contributed by atoms with Gasteiger partial charge < -0.3 is 10.8 Å². The molecule has 2 rings (SSSR count). The number of halogens is 1. The smallest absolute Gasteiger partial charge is 0.243 e. The van der Waals surface area contributed by atoms with Crippen molar-refractivity contribution in [2.24, 2.45) is 0 Å². The molecule has 0 heterocycles. The molecule has 2 unspecified atom stereocenters. The number of likely N-dealkylation sites (N-methyl/N-ethyl adjacent to an activating group) is 1. The van der Waals surface area contributed by atoms with Crippen LogP contribution < -0.4 is 5.73 Å². The first-order chi connectivity index (χ1) is 9.75. The van der Waals surface area contributed by atoms with Crippen molar-refractivity contribution in [3.05, 3.63) is 22.7 Å². The third kappa shape index (κ3) is 3.18. The van der Waals surface area contributed by atoms with E-state index in [0.717, 1.165) is 12.8 Å². The molecule has 0 aliphatic heterocycles. The number of hydrogen-bond donors (Lipinski definition) is 2. The molecule has 1 aromatic rings. The number of rotatable bonds is 3. The van der Waals surface area contributed by atoms with Gasteiger partial charge in [-0.3, -0.25) is 0 Å². The molecule has 2 atom stereocenters. The molecule has 1 aliphatic carbocycles. The molecule has 0 aromatic heterocycles. The van der Waals surface area contributed by atoms with E-state index in [1.165, 1.54) is 17.4 Å². The van der Waals surface area contributed by atoms with Gasteiger partial charge >= 0.3 is 0 Å². The van der Waals surface area contributed by atoms with Crippen LogP contribution in [0.2, 0.25) is 5.02 Å². The molecule has 0 radical (unpaired) electrons. The fraction of sp³-hybridized carbons (Fsp3) is 0.571. The average molecular weight is 333 g/mol. The van der Waals surface area contributed by atoms with Crippen LogP contribution in [-0.4, -0.2) is 37.0 Å². The quantitative estimate of drug-likeness (QED) is 0.831. The Hall–Kier alpha value is -0.820. The minimum absolute atomic E-state index is 0.143. The molecule has 21 heavy (non-hydrogen) atoms. The molecule has 7 heteroatoms. The maximum Gasteiger partial charge on any atom is 0.243 e. The number of anilines is 1. The van der Waals surface area contributed by atoms with E-state index in [4.69, 9.17) is 17.3 Å². The van der Waals surface area contributed by atoms with Gasteiger partial charge in [0.05, 0.1) is 27.8 Å². The molecule has 1 aromatic carbocycles. The largest absolute Gasteiger partial charge is 0.397 e. The van der Waals surface area contributed by atoms with E-state index in [1.807, 2.05) is 0 Å².